The van der Waals surface area contributed by atoms with Crippen LogP contribution in [-0.2, 0) is 14.4 Å². The maximum Gasteiger partial charge on any atom is 0.271 e. The Balaban J connectivity index is 1.80. The van der Waals surface area contributed by atoms with E-state index in [-0.39, 0.29) is 30.4 Å². The van der Waals surface area contributed by atoms with Gasteiger partial charge in [0.15, 0.2) is 0 Å². The Kier molecular flexibility index (Phi) is 5.75. The lowest BCUT2D eigenvalue weighted by Crippen LogP contribution is -2.36. The number of halogens is 1. The van der Waals surface area contributed by atoms with Crippen molar-refractivity contribution in [2.75, 3.05) is 15.6 Å². The van der Waals surface area contributed by atoms with Crippen LogP contribution in [0.25, 0.3) is 0 Å². The zero-order valence-corrected chi connectivity index (χ0v) is 16.2. The van der Waals surface area contributed by atoms with E-state index in [1.165, 1.54) is 11.9 Å². The molecule has 0 unspecified atom stereocenters. The SMILES string of the molecule is CC(=O)Nc1cccc(NC(=O)C2=NN(c3ccc(C)c(Cl)c3)C(=O)CC2)c1. The second kappa shape index (κ2) is 8.22. The number of nitrogens with zero attached hydrogens (tertiary/aromatic N) is 2. The van der Waals surface area contributed by atoms with Crippen LogP contribution in [-0.4, -0.2) is 23.4 Å². The number of rotatable bonds is 4. The van der Waals surface area contributed by atoms with Crippen molar-refractivity contribution in [3.63, 3.8) is 0 Å². The van der Waals surface area contributed by atoms with E-state index in [9.17, 15) is 14.4 Å². The first-order valence-corrected chi connectivity index (χ1v) is 9.07. The van der Waals surface area contributed by atoms with Crippen molar-refractivity contribution in [3.05, 3.63) is 53.1 Å². The Morgan fingerprint density at radius 3 is 2.46 bits per heavy atom. The van der Waals surface area contributed by atoms with E-state index >= 15 is 0 Å². The molecule has 8 heteroatoms. The minimum Gasteiger partial charge on any atom is -0.326 e. The van der Waals surface area contributed by atoms with Crippen LogP contribution in [0.2, 0.25) is 5.02 Å². The average molecular weight is 399 g/mol. The van der Waals surface area contributed by atoms with E-state index in [0.29, 0.717) is 22.1 Å². The van der Waals surface area contributed by atoms with Gasteiger partial charge in [-0.25, -0.2) is 5.01 Å². The molecule has 3 rings (SSSR count). The summed E-state index contributed by atoms with van der Waals surface area (Å²) in [5, 5.41) is 11.4. The van der Waals surface area contributed by atoms with Crippen LogP contribution in [0, 0.1) is 6.92 Å². The largest absolute Gasteiger partial charge is 0.326 e. The molecule has 144 valence electrons. The molecule has 0 atom stereocenters. The molecule has 28 heavy (non-hydrogen) atoms. The lowest BCUT2D eigenvalue weighted by Gasteiger charge is -2.23. The van der Waals surface area contributed by atoms with Crippen LogP contribution < -0.4 is 15.6 Å². The first-order valence-electron chi connectivity index (χ1n) is 8.69. The molecule has 1 heterocycles. The topological polar surface area (TPSA) is 90.9 Å². The Morgan fingerprint density at radius 2 is 1.79 bits per heavy atom. The highest BCUT2D eigenvalue weighted by Crippen LogP contribution is 2.26. The van der Waals surface area contributed by atoms with E-state index < -0.39 is 5.91 Å². The summed E-state index contributed by atoms with van der Waals surface area (Å²) in [5.41, 5.74) is 2.72. The number of anilines is 3. The molecule has 2 N–H and O–H groups in total. The fourth-order valence-corrected chi connectivity index (χ4v) is 2.89. The highest BCUT2D eigenvalue weighted by Gasteiger charge is 2.26. The van der Waals surface area contributed by atoms with E-state index in [1.807, 2.05) is 6.92 Å². The summed E-state index contributed by atoms with van der Waals surface area (Å²) in [4.78, 5) is 36.1. The van der Waals surface area contributed by atoms with Crippen LogP contribution in [0.3, 0.4) is 0 Å². The number of carbonyl (C=O) groups excluding carboxylic acids is 3. The first-order chi connectivity index (χ1) is 13.3. The summed E-state index contributed by atoms with van der Waals surface area (Å²) in [6.07, 6.45) is 0.413. The predicted molar refractivity (Wildman–Crippen MR) is 110 cm³/mol. The zero-order valence-electron chi connectivity index (χ0n) is 15.5. The highest BCUT2D eigenvalue weighted by atomic mass is 35.5. The lowest BCUT2D eigenvalue weighted by atomic mass is 10.1. The van der Waals surface area contributed by atoms with Crippen molar-refractivity contribution in [1.82, 2.24) is 0 Å². The number of benzene rings is 2. The van der Waals surface area contributed by atoms with Crippen LogP contribution >= 0.6 is 11.6 Å². The second-order valence-corrected chi connectivity index (χ2v) is 6.81. The van der Waals surface area contributed by atoms with Gasteiger partial charge in [-0.2, -0.15) is 5.10 Å². The summed E-state index contributed by atoms with van der Waals surface area (Å²) in [6.45, 7) is 3.27. The molecule has 2 aromatic rings. The molecule has 0 saturated carbocycles. The fraction of sp³-hybridized carbons (Fsp3) is 0.200. The minimum absolute atomic E-state index is 0.170. The van der Waals surface area contributed by atoms with Gasteiger partial charge in [0.05, 0.1) is 5.69 Å². The smallest absolute Gasteiger partial charge is 0.271 e. The van der Waals surface area contributed by atoms with Crippen LogP contribution in [0.1, 0.15) is 25.3 Å². The van der Waals surface area contributed by atoms with Crippen LogP contribution in [0.4, 0.5) is 17.1 Å². The van der Waals surface area contributed by atoms with Crippen molar-refractivity contribution in [2.24, 2.45) is 5.10 Å². The third kappa shape index (κ3) is 4.55. The predicted octanol–water partition coefficient (Wildman–Crippen LogP) is 3.73. The van der Waals surface area contributed by atoms with Crippen molar-refractivity contribution < 1.29 is 14.4 Å². The second-order valence-electron chi connectivity index (χ2n) is 6.40. The van der Waals surface area contributed by atoms with Gasteiger partial charge in [0.1, 0.15) is 5.71 Å². The summed E-state index contributed by atoms with van der Waals surface area (Å²) in [6, 6.07) is 12.0. The number of aryl methyl sites for hydroxylation is 1. The fourth-order valence-electron chi connectivity index (χ4n) is 2.71. The molecule has 0 aliphatic carbocycles. The van der Waals surface area contributed by atoms with Gasteiger partial charge in [0, 0.05) is 36.2 Å². The average Bonchev–Trinajstić information content (AvgIpc) is 2.64. The van der Waals surface area contributed by atoms with Gasteiger partial charge >= 0.3 is 0 Å². The molecule has 0 aromatic heterocycles. The number of hydrogen-bond acceptors (Lipinski definition) is 4. The van der Waals surface area contributed by atoms with E-state index in [2.05, 4.69) is 15.7 Å². The van der Waals surface area contributed by atoms with Gasteiger partial charge in [-0.3, -0.25) is 14.4 Å². The van der Waals surface area contributed by atoms with Crippen molar-refractivity contribution in [2.45, 2.75) is 26.7 Å². The quantitative estimate of drug-likeness (QED) is 0.822. The molecule has 1 aliphatic heterocycles. The summed E-state index contributed by atoms with van der Waals surface area (Å²) in [7, 11) is 0. The van der Waals surface area contributed by atoms with Crippen LogP contribution in [0.15, 0.2) is 47.6 Å². The van der Waals surface area contributed by atoms with Crippen molar-refractivity contribution in [1.29, 1.82) is 0 Å². The summed E-state index contributed by atoms with van der Waals surface area (Å²) < 4.78 is 0. The van der Waals surface area contributed by atoms with E-state index in [1.54, 1.807) is 42.5 Å². The first kappa shape index (κ1) is 19.6. The van der Waals surface area contributed by atoms with Crippen molar-refractivity contribution in [3.8, 4) is 0 Å². The maximum absolute atomic E-state index is 12.6. The summed E-state index contributed by atoms with van der Waals surface area (Å²) in [5.74, 6) is -0.814. The molecule has 0 spiro atoms. The third-order valence-corrected chi connectivity index (χ3v) is 4.54. The molecule has 0 radical (unpaired) electrons. The third-order valence-electron chi connectivity index (χ3n) is 4.14. The van der Waals surface area contributed by atoms with Crippen molar-refractivity contribution >= 4 is 52.1 Å². The zero-order chi connectivity index (χ0) is 20.3. The van der Waals surface area contributed by atoms with Gasteiger partial charge in [0.2, 0.25) is 11.8 Å². The molecule has 2 aromatic carbocycles. The molecule has 1 aliphatic rings. The van der Waals surface area contributed by atoms with Crippen LogP contribution in [0.5, 0.6) is 0 Å². The highest BCUT2D eigenvalue weighted by molar-refractivity contribution is 6.44. The van der Waals surface area contributed by atoms with E-state index in [0.717, 1.165) is 5.56 Å². The number of amides is 3. The molecular formula is C20H19ClN4O3. The number of nitrogens with one attached hydrogen (secondary N) is 2. The number of hydrogen-bond donors (Lipinski definition) is 2. The molecule has 3 amide bonds. The number of carbonyl (C=O) groups is 3. The lowest BCUT2D eigenvalue weighted by molar-refractivity contribution is -0.119. The van der Waals surface area contributed by atoms with Gasteiger partial charge in [0.25, 0.3) is 5.91 Å². The Morgan fingerprint density at radius 1 is 1.07 bits per heavy atom. The molecule has 0 saturated heterocycles. The monoisotopic (exact) mass is 398 g/mol. The van der Waals surface area contributed by atoms with Gasteiger partial charge in [-0.05, 0) is 42.8 Å². The van der Waals surface area contributed by atoms with Gasteiger partial charge < -0.3 is 10.6 Å². The Labute approximate surface area is 167 Å². The van der Waals surface area contributed by atoms with Gasteiger partial charge in [-0.15, -0.1) is 0 Å². The van der Waals surface area contributed by atoms with Gasteiger partial charge in [-0.1, -0.05) is 23.7 Å². The minimum atomic E-state index is -0.407. The molecule has 0 fully saturated rings. The number of hydrazone groups is 1. The Hall–Kier alpha value is -3.19. The molecular weight excluding hydrogens is 380 g/mol. The molecule has 0 bridgehead atoms. The standard InChI is InChI=1S/C20H19ClN4O3/c1-12-6-7-16(11-17(12)21)25-19(27)9-8-18(24-25)20(28)23-15-5-3-4-14(10-15)22-13(2)26/h3-7,10-11H,8-9H2,1-2H3,(H,22,26)(H,23,28). The summed E-state index contributed by atoms with van der Waals surface area (Å²) >= 11 is 6.14. The molecule has 7 nitrogen and oxygen atoms in total. The normalized spacial score (nSPS) is 13.8. The Bertz CT molecular complexity index is 987. The van der Waals surface area contributed by atoms with E-state index in [4.69, 9.17) is 11.6 Å². The maximum atomic E-state index is 12.6.